The van der Waals surface area contributed by atoms with Gasteiger partial charge >= 0.3 is 0 Å². The van der Waals surface area contributed by atoms with Crippen molar-refractivity contribution in [3.05, 3.63) is 72.3 Å². The van der Waals surface area contributed by atoms with Crippen LogP contribution >= 0.6 is 0 Å². The van der Waals surface area contributed by atoms with Crippen molar-refractivity contribution in [2.45, 2.75) is 13.3 Å². The number of aryl methyl sites for hydroxylation is 1. The average molecular weight is 401 g/mol. The highest BCUT2D eigenvalue weighted by atomic mass is 16.1. The number of fused-ring (bicyclic) bond motifs is 1. The first-order valence-electron chi connectivity index (χ1n) is 9.77. The summed E-state index contributed by atoms with van der Waals surface area (Å²) in [7, 11) is 0. The highest BCUT2D eigenvalue weighted by Crippen LogP contribution is 2.18. The van der Waals surface area contributed by atoms with Crippen LogP contribution in [0.25, 0.3) is 10.9 Å². The number of carbonyl (C=O) groups is 1. The topological polar surface area (TPSA) is 108 Å². The molecule has 0 aliphatic rings. The van der Waals surface area contributed by atoms with Gasteiger partial charge in [0.05, 0.1) is 6.42 Å². The predicted octanol–water partition coefficient (Wildman–Crippen LogP) is 3.18. The van der Waals surface area contributed by atoms with Crippen LogP contribution in [0.15, 0.2) is 60.9 Å². The molecule has 0 atom stereocenters. The largest absolute Gasteiger partial charge is 0.368 e. The smallest absolute Gasteiger partial charge is 0.224 e. The summed E-state index contributed by atoms with van der Waals surface area (Å²) < 4.78 is 0. The molecule has 0 unspecified atom stereocenters. The lowest BCUT2D eigenvalue weighted by Crippen LogP contribution is -2.30. The van der Waals surface area contributed by atoms with Crippen molar-refractivity contribution in [1.29, 1.82) is 0 Å². The number of anilines is 3. The minimum atomic E-state index is -0.0158. The molecule has 0 aliphatic heterocycles. The molecule has 0 radical (unpaired) electrons. The molecule has 0 saturated carbocycles. The molecule has 4 rings (SSSR count). The summed E-state index contributed by atoms with van der Waals surface area (Å²) in [4.78, 5) is 28.5. The van der Waals surface area contributed by atoms with Crippen molar-refractivity contribution in [2.75, 3.05) is 23.7 Å². The van der Waals surface area contributed by atoms with E-state index in [1.54, 1.807) is 6.20 Å². The summed E-state index contributed by atoms with van der Waals surface area (Å²) in [5.41, 5.74) is 2.03. The van der Waals surface area contributed by atoms with Gasteiger partial charge in [-0.15, -0.1) is 0 Å². The van der Waals surface area contributed by atoms with Gasteiger partial charge in [0, 0.05) is 42.5 Å². The second-order valence-electron chi connectivity index (χ2n) is 6.84. The van der Waals surface area contributed by atoms with Crippen molar-refractivity contribution >= 4 is 34.3 Å². The fraction of sp³-hybridized carbons (Fsp3) is 0.182. The maximum Gasteiger partial charge on any atom is 0.224 e. The lowest BCUT2D eigenvalue weighted by molar-refractivity contribution is -0.120. The van der Waals surface area contributed by atoms with E-state index in [2.05, 4.69) is 35.9 Å². The third-order valence-electron chi connectivity index (χ3n) is 4.54. The van der Waals surface area contributed by atoms with Crippen molar-refractivity contribution in [2.24, 2.45) is 0 Å². The second kappa shape index (κ2) is 9.04. The number of nitrogens with zero attached hydrogens (tertiary/aromatic N) is 3. The molecule has 3 aromatic heterocycles. The van der Waals surface area contributed by atoms with Gasteiger partial charge in [0.25, 0.3) is 0 Å². The Hall–Kier alpha value is -3.94. The summed E-state index contributed by atoms with van der Waals surface area (Å²) in [5, 5.41) is 10.4. The van der Waals surface area contributed by atoms with Crippen LogP contribution in [0.3, 0.4) is 0 Å². The number of aromatic nitrogens is 4. The molecule has 1 aromatic carbocycles. The van der Waals surface area contributed by atoms with Gasteiger partial charge in [0.15, 0.2) is 0 Å². The number of para-hydroxylation sites is 1. The molecule has 4 N–H and O–H groups in total. The number of H-pyrrole nitrogens is 1. The standard InChI is InChI=1S/C22H23N7O/c1-15-27-20(13-21(28-15)29-19-8-4-5-9-23-19)24-10-11-25-22(30)12-16-14-26-18-7-3-2-6-17(16)18/h2-9,13-14,26H,10-12H2,1H3,(H,25,30)(H2,23,24,27,28,29). The molecule has 8 nitrogen and oxygen atoms in total. The van der Waals surface area contributed by atoms with Crippen molar-refractivity contribution in [1.82, 2.24) is 25.3 Å². The number of pyridine rings is 1. The van der Waals surface area contributed by atoms with E-state index >= 15 is 0 Å². The van der Waals surface area contributed by atoms with E-state index in [0.29, 0.717) is 42.8 Å². The van der Waals surface area contributed by atoms with Crippen LogP contribution in [0.2, 0.25) is 0 Å². The van der Waals surface area contributed by atoms with Gasteiger partial charge in [-0.2, -0.15) is 0 Å². The predicted molar refractivity (Wildman–Crippen MR) is 118 cm³/mol. The summed E-state index contributed by atoms with van der Waals surface area (Å²) in [5.74, 6) is 2.68. The summed E-state index contributed by atoms with van der Waals surface area (Å²) in [6, 6.07) is 15.4. The zero-order chi connectivity index (χ0) is 20.8. The van der Waals surface area contributed by atoms with Crippen molar-refractivity contribution in [3.8, 4) is 0 Å². The van der Waals surface area contributed by atoms with Gasteiger partial charge in [0.1, 0.15) is 23.3 Å². The maximum absolute atomic E-state index is 12.3. The van der Waals surface area contributed by atoms with Gasteiger partial charge in [-0.05, 0) is 30.7 Å². The number of hydrogen-bond acceptors (Lipinski definition) is 6. The van der Waals surface area contributed by atoms with Crippen LogP contribution in [0.4, 0.5) is 17.5 Å². The molecular weight excluding hydrogens is 378 g/mol. The zero-order valence-corrected chi connectivity index (χ0v) is 16.6. The van der Waals surface area contributed by atoms with E-state index in [4.69, 9.17) is 0 Å². The fourth-order valence-electron chi connectivity index (χ4n) is 3.20. The minimum absolute atomic E-state index is 0.0158. The Morgan fingerprint density at radius 3 is 2.70 bits per heavy atom. The first-order chi connectivity index (χ1) is 14.7. The third kappa shape index (κ3) is 4.91. The Morgan fingerprint density at radius 1 is 1.00 bits per heavy atom. The van der Waals surface area contributed by atoms with Gasteiger partial charge in [0.2, 0.25) is 5.91 Å². The Balaban J connectivity index is 1.27. The van der Waals surface area contributed by atoms with Crippen molar-refractivity contribution < 1.29 is 4.79 Å². The van der Waals surface area contributed by atoms with E-state index in [1.807, 2.05) is 61.7 Å². The van der Waals surface area contributed by atoms with Gasteiger partial charge < -0.3 is 20.9 Å². The molecular formula is C22H23N7O. The van der Waals surface area contributed by atoms with Crippen LogP contribution in [0.5, 0.6) is 0 Å². The Morgan fingerprint density at radius 2 is 1.83 bits per heavy atom. The third-order valence-corrected chi connectivity index (χ3v) is 4.54. The number of rotatable bonds is 8. The van der Waals surface area contributed by atoms with Crippen LogP contribution in [0, 0.1) is 6.92 Å². The summed E-state index contributed by atoms with van der Waals surface area (Å²) >= 11 is 0. The molecule has 152 valence electrons. The van der Waals surface area contributed by atoms with Crippen LogP contribution in [-0.4, -0.2) is 38.9 Å². The Labute approximate surface area is 174 Å². The average Bonchev–Trinajstić information content (AvgIpc) is 3.14. The quantitative estimate of drug-likeness (QED) is 0.338. The maximum atomic E-state index is 12.3. The van der Waals surface area contributed by atoms with Crippen molar-refractivity contribution in [3.63, 3.8) is 0 Å². The molecule has 3 heterocycles. The van der Waals surface area contributed by atoms with Crippen LogP contribution < -0.4 is 16.0 Å². The minimum Gasteiger partial charge on any atom is -0.368 e. The SMILES string of the molecule is Cc1nc(NCCNC(=O)Cc2c[nH]c3ccccc23)cc(Nc2ccccn2)n1. The molecule has 0 spiro atoms. The number of hydrogen-bond donors (Lipinski definition) is 4. The molecule has 8 heteroatoms. The number of aromatic amines is 1. The van der Waals surface area contributed by atoms with E-state index in [1.165, 1.54) is 0 Å². The molecule has 0 saturated heterocycles. The van der Waals surface area contributed by atoms with Gasteiger partial charge in [-0.25, -0.2) is 15.0 Å². The van der Waals surface area contributed by atoms with E-state index in [0.717, 1.165) is 16.5 Å². The number of carbonyl (C=O) groups excluding carboxylic acids is 1. The van der Waals surface area contributed by atoms with Crippen LogP contribution in [0.1, 0.15) is 11.4 Å². The summed E-state index contributed by atoms with van der Waals surface area (Å²) in [6.07, 6.45) is 3.95. The molecule has 1 amide bonds. The Bertz CT molecular complexity index is 1140. The van der Waals surface area contributed by atoms with Gasteiger partial charge in [-0.3, -0.25) is 4.79 Å². The van der Waals surface area contributed by atoms with E-state index in [-0.39, 0.29) is 5.91 Å². The molecule has 4 aromatic rings. The molecule has 0 bridgehead atoms. The van der Waals surface area contributed by atoms with E-state index < -0.39 is 0 Å². The first kappa shape index (κ1) is 19.4. The van der Waals surface area contributed by atoms with E-state index in [9.17, 15) is 4.79 Å². The van der Waals surface area contributed by atoms with Crippen LogP contribution in [-0.2, 0) is 11.2 Å². The monoisotopic (exact) mass is 401 g/mol. The number of amides is 1. The Kier molecular flexibility index (Phi) is 5.84. The molecule has 30 heavy (non-hydrogen) atoms. The molecule has 0 aliphatic carbocycles. The summed E-state index contributed by atoms with van der Waals surface area (Å²) in [6.45, 7) is 2.88. The van der Waals surface area contributed by atoms with Gasteiger partial charge in [-0.1, -0.05) is 24.3 Å². The second-order valence-corrected chi connectivity index (χ2v) is 6.84. The number of nitrogens with one attached hydrogen (secondary N) is 4. The zero-order valence-electron chi connectivity index (χ0n) is 16.6. The fourth-order valence-corrected chi connectivity index (χ4v) is 3.20. The lowest BCUT2D eigenvalue weighted by atomic mass is 10.1. The number of benzene rings is 1. The molecule has 0 fully saturated rings. The normalized spacial score (nSPS) is 10.7. The lowest BCUT2D eigenvalue weighted by Gasteiger charge is -2.10. The highest BCUT2D eigenvalue weighted by Gasteiger charge is 2.08. The first-order valence-corrected chi connectivity index (χ1v) is 9.77. The highest BCUT2D eigenvalue weighted by molar-refractivity contribution is 5.88.